The van der Waals surface area contributed by atoms with Gasteiger partial charge in [0.15, 0.2) is 5.60 Å². The predicted molar refractivity (Wildman–Crippen MR) is 78.3 cm³/mol. The molecule has 0 spiro atoms. The third-order valence-electron chi connectivity index (χ3n) is 3.75. The van der Waals surface area contributed by atoms with Crippen LogP contribution in [-0.2, 0) is 15.1 Å². The maximum Gasteiger partial charge on any atom is 0.312 e. The molecule has 1 fully saturated rings. The fourth-order valence-electron chi connectivity index (χ4n) is 2.51. The van der Waals surface area contributed by atoms with E-state index in [1.54, 1.807) is 6.20 Å². The Morgan fingerprint density at radius 3 is 2.55 bits per heavy atom. The van der Waals surface area contributed by atoms with Gasteiger partial charge in [0.1, 0.15) is 0 Å². The lowest BCUT2D eigenvalue weighted by Gasteiger charge is -2.39. The molecule has 2 heterocycles. The normalized spacial score (nSPS) is 18.6. The molecule has 0 radical (unpaired) electrons. The number of hydrogen-bond donors (Lipinski definition) is 1. The van der Waals surface area contributed by atoms with Gasteiger partial charge in [-0.15, -0.1) is 0 Å². The van der Waals surface area contributed by atoms with E-state index in [9.17, 15) is 4.79 Å². The van der Waals surface area contributed by atoms with E-state index in [0.29, 0.717) is 0 Å². The van der Waals surface area contributed by atoms with Crippen molar-refractivity contribution in [2.75, 3.05) is 13.1 Å². The van der Waals surface area contributed by atoms with Gasteiger partial charge in [0.05, 0.1) is 11.1 Å². The Labute approximate surface area is 120 Å². The summed E-state index contributed by atoms with van der Waals surface area (Å²) in [7, 11) is 0. The van der Waals surface area contributed by atoms with Crippen LogP contribution in [0.2, 0.25) is 0 Å². The number of carbonyl (C=O) groups excluding carboxylic acids is 1. The standard InChI is InChI=1S/C16H24N2O2/c1-12-6-5-9-18-13(12)16(7-10-17-11-8-16)20-14(19)15(2,3)4/h5-6,9,17H,7-8,10-11H2,1-4H3. The average Bonchev–Trinajstić information content (AvgIpc) is 2.39. The molecule has 1 aromatic rings. The number of ether oxygens (including phenoxy) is 1. The SMILES string of the molecule is Cc1cccnc1C1(OC(=O)C(C)(C)C)CCNCC1. The van der Waals surface area contributed by atoms with Gasteiger partial charge in [-0.2, -0.15) is 0 Å². The van der Waals surface area contributed by atoms with Crippen LogP contribution in [0.25, 0.3) is 0 Å². The van der Waals surface area contributed by atoms with Crippen molar-refractivity contribution in [3.8, 4) is 0 Å². The fourth-order valence-corrected chi connectivity index (χ4v) is 2.51. The van der Waals surface area contributed by atoms with Crippen molar-refractivity contribution in [1.82, 2.24) is 10.3 Å². The summed E-state index contributed by atoms with van der Waals surface area (Å²) in [6.45, 7) is 9.36. The van der Waals surface area contributed by atoms with Gasteiger partial charge in [0, 0.05) is 19.0 Å². The molecule has 20 heavy (non-hydrogen) atoms. The number of piperidine rings is 1. The van der Waals surface area contributed by atoms with Crippen LogP contribution in [0.3, 0.4) is 0 Å². The third kappa shape index (κ3) is 3.01. The zero-order valence-corrected chi connectivity index (χ0v) is 12.8. The molecule has 1 saturated heterocycles. The number of aryl methyl sites for hydroxylation is 1. The minimum Gasteiger partial charge on any atom is -0.452 e. The van der Waals surface area contributed by atoms with Crippen LogP contribution in [0.1, 0.15) is 44.9 Å². The van der Waals surface area contributed by atoms with E-state index in [4.69, 9.17) is 4.74 Å². The lowest BCUT2D eigenvalue weighted by Crippen LogP contribution is -2.45. The second kappa shape index (κ2) is 5.52. The van der Waals surface area contributed by atoms with E-state index in [-0.39, 0.29) is 5.97 Å². The smallest absolute Gasteiger partial charge is 0.312 e. The second-order valence-electron chi connectivity index (χ2n) is 6.55. The monoisotopic (exact) mass is 276 g/mol. The third-order valence-corrected chi connectivity index (χ3v) is 3.75. The molecule has 0 aromatic carbocycles. The van der Waals surface area contributed by atoms with E-state index in [1.165, 1.54) is 0 Å². The first-order chi connectivity index (χ1) is 9.35. The van der Waals surface area contributed by atoms with Crippen molar-refractivity contribution >= 4 is 5.97 Å². The Morgan fingerprint density at radius 2 is 2.00 bits per heavy atom. The molecular weight excluding hydrogens is 252 g/mol. The topological polar surface area (TPSA) is 51.2 Å². The molecule has 0 unspecified atom stereocenters. The zero-order chi connectivity index (χ0) is 14.8. The molecule has 2 rings (SSSR count). The summed E-state index contributed by atoms with van der Waals surface area (Å²) >= 11 is 0. The molecular formula is C16H24N2O2. The van der Waals surface area contributed by atoms with E-state index < -0.39 is 11.0 Å². The van der Waals surface area contributed by atoms with Gasteiger partial charge in [-0.25, -0.2) is 0 Å². The number of nitrogens with one attached hydrogen (secondary N) is 1. The maximum atomic E-state index is 12.4. The van der Waals surface area contributed by atoms with Gasteiger partial charge in [-0.3, -0.25) is 9.78 Å². The predicted octanol–water partition coefficient (Wildman–Crippen LogP) is 2.56. The Hall–Kier alpha value is -1.42. The van der Waals surface area contributed by atoms with Gasteiger partial charge in [-0.1, -0.05) is 6.07 Å². The van der Waals surface area contributed by atoms with Crippen LogP contribution in [-0.4, -0.2) is 24.0 Å². The molecule has 1 aliphatic heterocycles. The molecule has 110 valence electrons. The summed E-state index contributed by atoms with van der Waals surface area (Å²) in [6, 6.07) is 3.94. The maximum absolute atomic E-state index is 12.4. The van der Waals surface area contributed by atoms with Crippen LogP contribution >= 0.6 is 0 Å². The number of pyridine rings is 1. The van der Waals surface area contributed by atoms with E-state index in [0.717, 1.165) is 37.2 Å². The minimum absolute atomic E-state index is 0.163. The molecule has 1 aromatic heterocycles. The molecule has 4 nitrogen and oxygen atoms in total. The van der Waals surface area contributed by atoms with Gasteiger partial charge >= 0.3 is 5.97 Å². The number of nitrogens with zero attached hydrogens (tertiary/aromatic N) is 1. The molecule has 1 N–H and O–H groups in total. The highest BCUT2D eigenvalue weighted by atomic mass is 16.6. The summed E-state index contributed by atoms with van der Waals surface area (Å²) in [6.07, 6.45) is 3.32. The summed E-state index contributed by atoms with van der Waals surface area (Å²) < 4.78 is 5.97. The first-order valence-corrected chi connectivity index (χ1v) is 7.21. The van der Waals surface area contributed by atoms with Crippen molar-refractivity contribution in [3.05, 3.63) is 29.6 Å². The van der Waals surface area contributed by atoms with Crippen LogP contribution in [0.5, 0.6) is 0 Å². The Morgan fingerprint density at radius 1 is 1.35 bits per heavy atom. The molecule has 0 amide bonds. The first kappa shape index (κ1) is 15.0. The molecule has 0 bridgehead atoms. The number of hydrogen-bond acceptors (Lipinski definition) is 4. The van der Waals surface area contributed by atoms with E-state index >= 15 is 0 Å². The molecule has 0 atom stereocenters. The van der Waals surface area contributed by atoms with Crippen molar-refractivity contribution in [2.24, 2.45) is 5.41 Å². The highest BCUT2D eigenvalue weighted by molar-refractivity contribution is 5.76. The number of esters is 1. The van der Waals surface area contributed by atoms with Gasteiger partial charge in [-0.05, 0) is 52.4 Å². The molecule has 4 heteroatoms. The van der Waals surface area contributed by atoms with Crippen molar-refractivity contribution in [2.45, 2.75) is 46.1 Å². The highest BCUT2D eigenvalue weighted by Gasteiger charge is 2.42. The van der Waals surface area contributed by atoms with Crippen LogP contribution in [0.4, 0.5) is 0 Å². The molecule has 1 aliphatic rings. The summed E-state index contributed by atoms with van der Waals surface area (Å²) in [5.74, 6) is -0.163. The second-order valence-corrected chi connectivity index (χ2v) is 6.55. The fraction of sp³-hybridized carbons (Fsp3) is 0.625. The van der Waals surface area contributed by atoms with Crippen molar-refractivity contribution in [1.29, 1.82) is 0 Å². The Kier molecular flexibility index (Phi) is 4.14. The number of aromatic nitrogens is 1. The lowest BCUT2D eigenvalue weighted by molar-refractivity contribution is -0.174. The largest absolute Gasteiger partial charge is 0.452 e. The molecule has 0 saturated carbocycles. The van der Waals surface area contributed by atoms with Crippen molar-refractivity contribution in [3.63, 3.8) is 0 Å². The van der Waals surface area contributed by atoms with Crippen LogP contribution < -0.4 is 5.32 Å². The zero-order valence-electron chi connectivity index (χ0n) is 12.8. The van der Waals surface area contributed by atoms with Gasteiger partial charge in [0.2, 0.25) is 0 Å². The summed E-state index contributed by atoms with van der Waals surface area (Å²) in [5, 5.41) is 3.32. The van der Waals surface area contributed by atoms with Gasteiger partial charge in [0.25, 0.3) is 0 Å². The average molecular weight is 276 g/mol. The first-order valence-electron chi connectivity index (χ1n) is 7.21. The summed E-state index contributed by atoms with van der Waals surface area (Å²) in [5.41, 5.74) is 0.900. The Bertz CT molecular complexity index is 485. The minimum atomic E-state index is -0.582. The van der Waals surface area contributed by atoms with Crippen molar-refractivity contribution < 1.29 is 9.53 Å². The molecule has 0 aliphatic carbocycles. The van der Waals surface area contributed by atoms with Crippen LogP contribution in [0.15, 0.2) is 18.3 Å². The number of carbonyl (C=O) groups is 1. The lowest BCUT2D eigenvalue weighted by atomic mass is 9.85. The quantitative estimate of drug-likeness (QED) is 0.843. The van der Waals surface area contributed by atoms with E-state index in [2.05, 4.69) is 10.3 Å². The van der Waals surface area contributed by atoms with E-state index in [1.807, 2.05) is 39.8 Å². The van der Waals surface area contributed by atoms with Crippen LogP contribution in [0, 0.1) is 12.3 Å². The van der Waals surface area contributed by atoms with Gasteiger partial charge < -0.3 is 10.1 Å². The Balaban J connectivity index is 2.36. The highest BCUT2D eigenvalue weighted by Crippen LogP contribution is 2.37. The number of rotatable bonds is 2. The summed E-state index contributed by atoms with van der Waals surface area (Å²) in [4.78, 5) is 16.9.